The minimum atomic E-state index is 0.669. The molecule has 1 aliphatic heterocycles. The molecule has 0 bridgehead atoms. The Bertz CT molecular complexity index is 456. The lowest BCUT2D eigenvalue weighted by molar-refractivity contribution is 0.166. The summed E-state index contributed by atoms with van der Waals surface area (Å²) in [6.45, 7) is 2.42. The number of ether oxygens (including phenoxy) is 1. The molecule has 1 saturated heterocycles. The zero-order chi connectivity index (χ0) is 14.7. The van der Waals surface area contributed by atoms with Gasteiger partial charge < -0.3 is 15.0 Å². The Balaban J connectivity index is 1.45. The van der Waals surface area contributed by atoms with Gasteiger partial charge in [-0.3, -0.25) is 0 Å². The second-order valence-electron chi connectivity index (χ2n) is 6.65. The maximum absolute atomic E-state index is 5.48. The molecule has 1 N–H and O–H groups in total. The van der Waals surface area contributed by atoms with Crippen LogP contribution in [-0.4, -0.2) is 44.2 Å². The summed E-state index contributed by atoms with van der Waals surface area (Å²) in [4.78, 5) is 2.52. The topological polar surface area (TPSA) is 24.5 Å². The van der Waals surface area contributed by atoms with Gasteiger partial charge in [0.1, 0.15) is 5.75 Å². The van der Waals surface area contributed by atoms with Gasteiger partial charge in [-0.15, -0.1) is 0 Å². The molecule has 1 aromatic carbocycles. The molecule has 0 spiro atoms. The number of benzene rings is 1. The SMILES string of the molecule is COc1ccccc1C1CC(NCC2CCCCN2C)C1. The van der Waals surface area contributed by atoms with Crippen molar-refractivity contribution in [2.75, 3.05) is 27.2 Å². The maximum atomic E-state index is 5.48. The number of likely N-dealkylation sites (tertiary alicyclic amines) is 1. The number of likely N-dealkylation sites (N-methyl/N-ethyl adjacent to an activating group) is 1. The van der Waals surface area contributed by atoms with E-state index < -0.39 is 0 Å². The Morgan fingerprint density at radius 2 is 2.05 bits per heavy atom. The molecule has 1 saturated carbocycles. The molecular formula is C18H28N2O. The van der Waals surface area contributed by atoms with Crippen LogP contribution in [0.15, 0.2) is 24.3 Å². The molecule has 116 valence electrons. The average molecular weight is 288 g/mol. The lowest BCUT2D eigenvalue weighted by Crippen LogP contribution is -2.48. The first-order valence-corrected chi connectivity index (χ1v) is 8.34. The highest BCUT2D eigenvalue weighted by atomic mass is 16.5. The van der Waals surface area contributed by atoms with Gasteiger partial charge >= 0.3 is 0 Å². The van der Waals surface area contributed by atoms with Crippen LogP contribution in [0.1, 0.15) is 43.6 Å². The average Bonchev–Trinajstić information content (AvgIpc) is 2.48. The number of para-hydroxylation sites is 1. The van der Waals surface area contributed by atoms with Gasteiger partial charge in [-0.25, -0.2) is 0 Å². The summed E-state index contributed by atoms with van der Waals surface area (Å²) < 4.78 is 5.48. The molecule has 1 aromatic rings. The molecule has 0 amide bonds. The van der Waals surface area contributed by atoms with E-state index in [4.69, 9.17) is 4.74 Å². The van der Waals surface area contributed by atoms with Gasteiger partial charge in [-0.2, -0.15) is 0 Å². The van der Waals surface area contributed by atoms with Gasteiger partial charge in [0.15, 0.2) is 0 Å². The van der Waals surface area contributed by atoms with Crippen molar-refractivity contribution in [1.29, 1.82) is 0 Å². The third kappa shape index (κ3) is 3.41. The monoisotopic (exact) mass is 288 g/mol. The minimum Gasteiger partial charge on any atom is -0.496 e. The van der Waals surface area contributed by atoms with Crippen LogP contribution in [-0.2, 0) is 0 Å². The second-order valence-corrected chi connectivity index (χ2v) is 6.65. The van der Waals surface area contributed by atoms with E-state index in [9.17, 15) is 0 Å². The van der Waals surface area contributed by atoms with Crippen LogP contribution in [0.25, 0.3) is 0 Å². The molecule has 3 heteroatoms. The molecule has 3 nitrogen and oxygen atoms in total. The summed E-state index contributed by atoms with van der Waals surface area (Å²) in [5, 5.41) is 3.77. The quantitative estimate of drug-likeness (QED) is 0.901. The smallest absolute Gasteiger partial charge is 0.122 e. The number of methoxy groups -OCH3 is 1. The molecule has 0 radical (unpaired) electrons. The Kier molecular flexibility index (Phi) is 4.81. The van der Waals surface area contributed by atoms with Crippen LogP contribution in [0.2, 0.25) is 0 Å². The third-order valence-electron chi connectivity index (χ3n) is 5.28. The van der Waals surface area contributed by atoms with Gasteiger partial charge in [-0.05, 0) is 56.8 Å². The van der Waals surface area contributed by atoms with Crippen LogP contribution < -0.4 is 10.1 Å². The Morgan fingerprint density at radius 1 is 1.24 bits per heavy atom. The van der Waals surface area contributed by atoms with Crippen LogP contribution in [0.4, 0.5) is 0 Å². The van der Waals surface area contributed by atoms with E-state index >= 15 is 0 Å². The first kappa shape index (κ1) is 14.9. The van der Waals surface area contributed by atoms with Gasteiger partial charge in [0.2, 0.25) is 0 Å². The highest BCUT2D eigenvalue weighted by Crippen LogP contribution is 2.40. The molecule has 1 aliphatic carbocycles. The van der Waals surface area contributed by atoms with Gasteiger partial charge in [0, 0.05) is 18.6 Å². The standard InChI is InChI=1S/C18H28N2O/c1-20-10-6-5-7-16(20)13-19-15-11-14(12-15)17-8-3-4-9-18(17)21-2/h3-4,8-9,14-16,19H,5-7,10-13H2,1-2H3. The molecule has 1 atom stereocenters. The van der Waals surface area contributed by atoms with E-state index in [1.165, 1.54) is 44.2 Å². The minimum absolute atomic E-state index is 0.669. The Labute approximate surface area is 128 Å². The fourth-order valence-corrected chi connectivity index (χ4v) is 3.75. The summed E-state index contributed by atoms with van der Waals surface area (Å²) in [6.07, 6.45) is 6.61. The first-order chi connectivity index (χ1) is 10.3. The van der Waals surface area contributed by atoms with Crippen LogP contribution in [0, 0.1) is 0 Å². The number of piperidine rings is 1. The highest BCUT2D eigenvalue weighted by Gasteiger charge is 2.32. The highest BCUT2D eigenvalue weighted by molar-refractivity contribution is 5.37. The molecule has 0 aromatic heterocycles. The van der Waals surface area contributed by atoms with Crippen LogP contribution in [0.3, 0.4) is 0 Å². The van der Waals surface area contributed by atoms with E-state index in [1.54, 1.807) is 7.11 Å². The number of hydrogen-bond acceptors (Lipinski definition) is 3. The van der Waals surface area contributed by atoms with E-state index in [1.807, 2.05) is 0 Å². The van der Waals surface area contributed by atoms with Crippen molar-refractivity contribution >= 4 is 0 Å². The molecule has 1 unspecified atom stereocenters. The first-order valence-electron chi connectivity index (χ1n) is 8.34. The van der Waals surface area contributed by atoms with Gasteiger partial charge in [0.25, 0.3) is 0 Å². The number of nitrogens with zero attached hydrogens (tertiary/aromatic N) is 1. The Morgan fingerprint density at radius 3 is 2.81 bits per heavy atom. The predicted octanol–water partition coefficient (Wildman–Crippen LogP) is 3.02. The van der Waals surface area contributed by atoms with Crippen molar-refractivity contribution < 1.29 is 4.74 Å². The van der Waals surface area contributed by atoms with Crippen LogP contribution in [0.5, 0.6) is 5.75 Å². The van der Waals surface area contributed by atoms with Gasteiger partial charge in [0.05, 0.1) is 7.11 Å². The zero-order valence-corrected chi connectivity index (χ0v) is 13.3. The van der Waals surface area contributed by atoms with Gasteiger partial charge in [-0.1, -0.05) is 24.6 Å². The van der Waals surface area contributed by atoms with Crippen molar-refractivity contribution in [1.82, 2.24) is 10.2 Å². The lowest BCUT2D eigenvalue weighted by Gasteiger charge is -2.39. The van der Waals surface area contributed by atoms with Crippen LogP contribution >= 0.6 is 0 Å². The van der Waals surface area contributed by atoms with Crippen molar-refractivity contribution in [2.24, 2.45) is 0 Å². The second kappa shape index (κ2) is 6.80. The normalized spacial score (nSPS) is 29.9. The molecule has 2 aliphatic rings. The fraction of sp³-hybridized carbons (Fsp3) is 0.667. The lowest BCUT2D eigenvalue weighted by atomic mass is 9.75. The third-order valence-corrected chi connectivity index (χ3v) is 5.28. The van der Waals surface area contributed by atoms with Crippen molar-refractivity contribution in [3.63, 3.8) is 0 Å². The van der Waals surface area contributed by atoms with Crippen molar-refractivity contribution in [2.45, 2.75) is 50.1 Å². The molecule has 1 heterocycles. The number of nitrogens with one attached hydrogen (secondary N) is 1. The Hall–Kier alpha value is -1.06. The summed E-state index contributed by atoms with van der Waals surface area (Å²) in [5.74, 6) is 1.72. The summed E-state index contributed by atoms with van der Waals surface area (Å²) >= 11 is 0. The van der Waals surface area contributed by atoms with Crippen molar-refractivity contribution in [3.05, 3.63) is 29.8 Å². The largest absolute Gasteiger partial charge is 0.496 e. The summed E-state index contributed by atoms with van der Waals surface area (Å²) in [6, 6.07) is 9.90. The maximum Gasteiger partial charge on any atom is 0.122 e. The van der Waals surface area contributed by atoms with E-state index in [0.717, 1.165) is 18.3 Å². The van der Waals surface area contributed by atoms with E-state index in [2.05, 4.69) is 41.5 Å². The predicted molar refractivity (Wildman–Crippen MR) is 87.0 cm³/mol. The van der Waals surface area contributed by atoms with E-state index in [-0.39, 0.29) is 0 Å². The number of hydrogen-bond donors (Lipinski definition) is 1. The molecule has 2 fully saturated rings. The van der Waals surface area contributed by atoms with Crippen molar-refractivity contribution in [3.8, 4) is 5.75 Å². The number of rotatable bonds is 5. The zero-order valence-electron chi connectivity index (χ0n) is 13.3. The summed E-state index contributed by atoms with van der Waals surface area (Å²) in [7, 11) is 4.04. The fourth-order valence-electron chi connectivity index (χ4n) is 3.75. The summed E-state index contributed by atoms with van der Waals surface area (Å²) in [5.41, 5.74) is 1.38. The molecule has 3 rings (SSSR count). The molecular weight excluding hydrogens is 260 g/mol. The van der Waals surface area contributed by atoms with E-state index in [0.29, 0.717) is 12.0 Å². The molecule has 21 heavy (non-hydrogen) atoms.